The highest BCUT2D eigenvalue weighted by Gasteiger charge is 2.21. The first-order chi connectivity index (χ1) is 11.1. The first-order valence-corrected chi connectivity index (χ1v) is 8.99. The minimum atomic E-state index is 0.200. The Morgan fingerprint density at radius 1 is 1.30 bits per heavy atom. The lowest BCUT2D eigenvalue weighted by atomic mass is 10.0. The van der Waals surface area contributed by atoms with E-state index in [1.54, 1.807) is 0 Å². The van der Waals surface area contributed by atoms with Crippen molar-refractivity contribution >= 4 is 17.7 Å². The molecule has 1 fully saturated rings. The molecular formula is C17H22N4OS. The summed E-state index contributed by atoms with van der Waals surface area (Å²) in [5.41, 5.74) is 1.03. The van der Waals surface area contributed by atoms with Gasteiger partial charge in [0.05, 0.1) is 5.75 Å². The van der Waals surface area contributed by atoms with Crippen molar-refractivity contribution in [2.75, 3.05) is 18.8 Å². The molecule has 3 rings (SSSR count). The van der Waals surface area contributed by atoms with Crippen LogP contribution in [0.4, 0.5) is 0 Å². The van der Waals surface area contributed by atoms with Crippen LogP contribution in [0.2, 0.25) is 0 Å². The van der Waals surface area contributed by atoms with Crippen molar-refractivity contribution in [3.05, 3.63) is 30.3 Å². The summed E-state index contributed by atoms with van der Waals surface area (Å²) in [4.78, 5) is 14.3. The molecule has 0 saturated carbocycles. The van der Waals surface area contributed by atoms with Crippen LogP contribution < -0.4 is 0 Å². The number of carbonyl (C=O) groups is 1. The molecule has 2 heterocycles. The number of hydrogen-bond acceptors (Lipinski definition) is 4. The van der Waals surface area contributed by atoms with Crippen LogP contribution in [0.15, 0.2) is 35.5 Å². The molecule has 1 saturated heterocycles. The number of piperidine rings is 1. The van der Waals surface area contributed by atoms with Crippen LogP contribution in [0.1, 0.15) is 19.8 Å². The number of nitrogens with zero attached hydrogens (tertiary/aromatic N) is 4. The summed E-state index contributed by atoms with van der Waals surface area (Å²) in [5.74, 6) is 2.06. The van der Waals surface area contributed by atoms with E-state index in [1.807, 2.05) is 46.8 Å². The SMILES string of the molecule is C[C@@H]1CCCN(C(=O)CSc2nnc(-c3ccccc3)n2C)C1. The number of aromatic nitrogens is 3. The minimum absolute atomic E-state index is 0.200. The zero-order chi connectivity index (χ0) is 16.2. The van der Waals surface area contributed by atoms with Gasteiger partial charge in [-0.15, -0.1) is 10.2 Å². The Labute approximate surface area is 141 Å². The molecule has 122 valence electrons. The highest BCUT2D eigenvalue weighted by atomic mass is 32.2. The highest BCUT2D eigenvalue weighted by Crippen LogP contribution is 2.23. The number of benzene rings is 1. The van der Waals surface area contributed by atoms with Crippen LogP contribution >= 0.6 is 11.8 Å². The van der Waals surface area contributed by atoms with Gasteiger partial charge in [0.25, 0.3) is 0 Å². The lowest BCUT2D eigenvalue weighted by Gasteiger charge is -2.30. The molecule has 1 atom stereocenters. The first kappa shape index (κ1) is 16.1. The largest absolute Gasteiger partial charge is 0.342 e. The Bertz CT molecular complexity index is 670. The van der Waals surface area contributed by atoms with E-state index in [4.69, 9.17) is 0 Å². The van der Waals surface area contributed by atoms with Crippen molar-refractivity contribution in [1.82, 2.24) is 19.7 Å². The van der Waals surface area contributed by atoms with Crippen molar-refractivity contribution in [3.8, 4) is 11.4 Å². The molecule has 5 nitrogen and oxygen atoms in total. The topological polar surface area (TPSA) is 51.0 Å². The van der Waals surface area contributed by atoms with E-state index >= 15 is 0 Å². The average molecular weight is 330 g/mol. The number of amides is 1. The number of thioether (sulfide) groups is 1. The van der Waals surface area contributed by atoms with Crippen LogP contribution in [-0.2, 0) is 11.8 Å². The molecule has 0 bridgehead atoms. The fourth-order valence-corrected chi connectivity index (χ4v) is 3.73. The number of rotatable bonds is 4. The van der Waals surface area contributed by atoms with Crippen molar-refractivity contribution in [2.45, 2.75) is 24.9 Å². The first-order valence-electron chi connectivity index (χ1n) is 8.00. The molecule has 0 aliphatic carbocycles. The average Bonchev–Trinajstić information content (AvgIpc) is 2.94. The van der Waals surface area contributed by atoms with Gasteiger partial charge < -0.3 is 9.47 Å². The standard InChI is InChI=1S/C17H22N4OS/c1-13-7-6-10-21(11-13)15(22)12-23-17-19-18-16(20(17)2)14-8-4-3-5-9-14/h3-5,8-9,13H,6-7,10-12H2,1-2H3/t13-/m1/s1. The van der Waals surface area contributed by atoms with Gasteiger partial charge in [-0.1, -0.05) is 49.0 Å². The van der Waals surface area contributed by atoms with Crippen molar-refractivity contribution < 1.29 is 4.79 Å². The number of carbonyl (C=O) groups excluding carboxylic acids is 1. The Hall–Kier alpha value is -1.82. The third-order valence-electron chi connectivity index (χ3n) is 4.20. The van der Waals surface area contributed by atoms with Gasteiger partial charge in [-0.25, -0.2) is 0 Å². The van der Waals surface area contributed by atoms with Crippen molar-refractivity contribution in [2.24, 2.45) is 13.0 Å². The van der Waals surface area contributed by atoms with Crippen LogP contribution in [-0.4, -0.2) is 44.4 Å². The highest BCUT2D eigenvalue weighted by molar-refractivity contribution is 7.99. The predicted molar refractivity (Wildman–Crippen MR) is 92.1 cm³/mol. The maximum Gasteiger partial charge on any atom is 0.233 e. The van der Waals surface area contributed by atoms with E-state index in [-0.39, 0.29) is 5.91 Å². The summed E-state index contributed by atoms with van der Waals surface area (Å²) < 4.78 is 1.95. The van der Waals surface area contributed by atoms with E-state index in [2.05, 4.69) is 17.1 Å². The number of hydrogen-bond donors (Lipinski definition) is 0. The zero-order valence-electron chi connectivity index (χ0n) is 13.6. The van der Waals surface area contributed by atoms with E-state index in [9.17, 15) is 4.79 Å². The summed E-state index contributed by atoms with van der Waals surface area (Å²) >= 11 is 1.46. The summed E-state index contributed by atoms with van der Waals surface area (Å²) in [6.45, 7) is 3.98. The third-order valence-corrected chi connectivity index (χ3v) is 5.21. The molecule has 1 aliphatic rings. The Kier molecular flexibility index (Phi) is 5.00. The second-order valence-electron chi connectivity index (χ2n) is 6.11. The number of likely N-dealkylation sites (tertiary alicyclic amines) is 1. The molecule has 0 unspecified atom stereocenters. The molecule has 0 radical (unpaired) electrons. The molecule has 6 heteroatoms. The molecular weight excluding hydrogens is 308 g/mol. The Balaban J connectivity index is 1.63. The van der Waals surface area contributed by atoms with E-state index in [0.717, 1.165) is 36.1 Å². The maximum absolute atomic E-state index is 12.4. The lowest BCUT2D eigenvalue weighted by Crippen LogP contribution is -2.40. The Morgan fingerprint density at radius 3 is 2.83 bits per heavy atom. The van der Waals surface area contributed by atoms with Gasteiger partial charge in [0.2, 0.25) is 5.91 Å². The van der Waals surface area contributed by atoms with Crippen LogP contribution in [0.25, 0.3) is 11.4 Å². The zero-order valence-corrected chi connectivity index (χ0v) is 14.4. The summed E-state index contributed by atoms with van der Waals surface area (Å²) in [7, 11) is 1.94. The monoisotopic (exact) mass is 330 g/mol. The summed E-state index contributed by atoms with van der Waals surface area (Å²) in [6, 6.07) is 9.97. The molecule has 1 aromatic carbocycles. The van der Waals surface area contributed by atoms with Gasteiger partial charge >= 0.3 is 0 Å². The van der Waals surface area contributed by atoms with Gasteiger partial charge in [0.1, 0.15) is 0 Å². The molecule has 1 aliphatic heterocycles. The van der Waals surface area contributed by atoms with Crippen molar-refractivity contribution in [3.63, 3.8) is 0 Å². The second-order valence-corrected chi connectivity index (χ2v) is 7.05. The molecule has 2 aromatic rings. The predicted octanol–water partition coefficient (Wildman–Crippen LogP) is 2.83. The summed E-state index contributed by atoms with van der Waals surface area (Å²) in [6.07, 6.45) is 2.33. The molecule has 23 heavy (non-hydrogen) atoms. The van der Waals surface area contributed by atoms with Crippen LogP contribution in [0.3, 0.4) is 0 Å². The third kappa shape index (κ3) is 3.75. The van der Waals surface area contributed by atoms with Crippen LogP contribution in [0, 0.1) is 5.92 Å². The molecule has 1 aromatic heterocycles. The maximum atomic E-state index is 12.4. The van der Waals surface area contributed by atoms with Gasteiger partial charge in [-0.2, -0.15) is 0 Å². The Morgan fingerprint density at radius 2 is 2.09 bits per heavy atom. The lowest BCUT2D eigenvalue weighted by molar-refractivity contribution is -0.130. The van der Waals surface area contributed by atoms with E-state index in [1.165, 1.54) is 18.2 Å². The molecule has 1 amide bonds. The second kappa shape index (κ2) is 7.17. The fourth-order valence-electron chi connectivity index (χ4n) is 2.91. The van der Waals surface area contributed by atoms with Gasteiger partial charge in [0, 0.05) is 25.7 Å². The minimum Gasteiger partial charge on any atom is -0.342 e. The van der Waals surface area contributed by atoms with E-state index in [0.29, 0.717) is 11.7 Å². The van der Waals surface area contributed by atoms with Gasteiger partial charge in [-0.3, -0.25) is 4.79 Å². The van der Waals surface area contributed by atoms with Crippen LogP contribution in [0.5, 0.6) is 0 Å². The van der Waals surface area contributed by atoms with Gasteiger partial charge in [0.15, 0.2) is 11.0 Å². The molecule has 0 N–H and O–H groups in total. The summed E-state index contributed by atoms with van der Waals surface area (Å²) in [5, 5.41) is 9.26. The van der Waals surface area contributed by atoms with Crippen molar-refractivity contribution in [1.29, 1.82) is 0 Å². The molecule has 0 spiro atoms. The smallest absolute Gasteiger partial charge is 0.233 e. The normalized spacial score (nSPS) is 18.2. The quantitative estimate of drug-likeness (QED) is 0.809. The fraction of sp³-hybridized carbons (Fsp3) is 0.471. The van der Waals surface area contributed by atoms with Gasteiger partial charge in [-0.05, 0) is 18.8 Å². The van der Waals surface area contributed by atoms with E-state index < -0.39 is 0 Å².